The molecule has 6 nitrogen and oxygen atoms in total. The number of rotatable bonds is 8. The first kappa shape index (κ1) is 22.4. The zero-order valence-corrected chi connectivity index (χ0v) is 19.5. The van der Waals surface area contributed by atoms with Gasteiger partial charge < -0.3 is 20.1 Å². The Labute approximate surface area is 197 Å². The lowest BCUT2D eigenvalue weighted by Crippen LogP contribution is -2.17. The predicted octanol–water partition coefficient (Wildman–Crippen LogP) is 5.92. The Balaban J connectivity index is 1.80. The van der Waals surface area contributed by atoms with Crippen LogP contribution in [0.15, 0.2) is 79.0 Å². The number of aryl methyl sites for hydroxylation is 1. The molecule has 0 saturated carbocycles. The second-order valence-electron chi connectivity index (χ2n) is 7.34. The van der Waals surface area contributed by atoms with Crippen molar-refractivity contribution in [2.75, 3.05) is 24.9 Å². The molecule has 0 unspecified atom stereocenters. The third-order valence-electron chi connectivity index (χ3n) is 5.16. The zero-order valence-electron chi connectivity index (χ0n) is 18.7. The van der Waals surface area contributed by atoms with Crippen molar-refractivity contribution < 1.29 is 14.3 Å². The molecule has 4 aromatic rings. The summed E-state index contributed by atoms with van der Waals surface area (Å²) >= 11 is 1.53. The molecular formula is C26H25N3O3S. The lowest BCUT2D eigenvalue weighted by molar-refractivity contribution is 0.102. The van der Waals surface area contributed by atoms with Crippen LogP contribution in [0.25, 0.3) is 0 Å². The van der Waals surface area contributed by atoms with Gasteiger partial charge in [-0.3, -0.25) is 4.79 Å². The number of ether oxygens (including phenoxy) is 2. The molecule has 7 heteroatoms. The van der Waals surface area contributed by atoms with E-state index in [4.69, 9.17) is 9.47 Å². The molecule has 33 heavy (non-hydrogen) atoms. The van der Waals surface area contributed by atoms with Crippen molar-refractivity contribution in [1.29, 1.82) is 0 Å². The summed E-state index contributed by atoms with van der Waals surface area (Å²) in [5.41, 5.74) is 2.39. The van der Waals surface area contributed by atoms with Gasteiger partial charge in [0.1, 0.15) is 10.8 Å². The van der Waals surface area contributed by atoms with Gasteiger partial charge in [0.15, 0.2) is 11.5 Å². The Bertz CT molecular complexity index is 1230. The van der Waals surface area contributed by atoms with Crippen LogP contribution < -0.4 is 20.1 Å². The normalized spacial score (nSPS) is 11.5. The Morgan fingerprint density at radius 1 is 0.939 bits per heavy atom. The van der Waals surface area contributed by atoms with Crippen LogP contribution in [-0.2, 0) is 0 Å². The average Bonchev–Trinajstić information content (AvgIpc) is 3.22. The Hall–Kier alpha value is -3.84. The molecule has 0 saturated heterocycles. The van der Waals surface area contributed by atoms with E-state index >= 15 is 0 Å². The fourth-order valence-electron chi connectivity index (χ4n) is 3.67. The average molecular weight is 460 g/mol. The maximum Gasteiger partial charge on any atom is 0.256 e. The molecule has 4 rings (SSSR count). The first-order valence-corrected chi connectivity index (χ1v) is 11.3. The van der Waals surface area contributed by atoms with Gasteiger partial charge in [-0.2, -0.15) is 0 Å². The molecular weight excluding hydrogens is 434 g/mol. The molecule has 2 aromatic carbocycles. The second-order valence-corrected chi connectivity index (χ2v) is 8.59. The van der Waals surface area contributed by atoms with Crippen molar-refractivity contribution in [2.24, 2.45) is 0 Å². The molecule has 1 atom stereocenters. The quantitative estimate of drug-likeness (QED) is 0.342. The van der Waals surface area contributed by atoms with E-state index in [0.717, 1.165) is 21.0 Å². The number of amides is 1. The summed E-state index contributed by atoms with van der Waals surface area (Å²) in [5, 5.41) is 7.37. The zero-order chi connectivity index (χ0) is 23.2. The number of aromatic nitrogens is 1. The minimum atomic E-state index is -0.346. The van der Waals surface area contributed by atoms with Gasteiger partial charge in [-0.05, 0) is 43.3 Å². The van der Waals surface area contributed by atoms with Crippen LogP contribution >= 0.6 is 11.3 Å². The van der Waals surface area contributed by atoms with Gasteiger partial charge in [0.05, 0.1) is 20.3 Å². The van der Waals surface area contributed by atoms with Crippen molar-refractivity contribution in [1.82, 2.24) is 4.98 Å². The number of para-hydroxylation sites is 1. The summed E-state index contributed by atoms with van der Waals surface area (Å²) in [6.45, 7) is 2.02. The maximum absolute atomic E-state index is 12.9. The standard InChI is InChI=1S/C26H25N3O3S/c1-17-16-20(26(33-17)29-25(30)18-10-5-4-6-11-18)23(28-22-14-7-8-15-27-22)19-12-9-13-21(31-2)24(19)32-3/h4-16,23H,1-3H3,(H,27,28)(H,29,30)/t23-/m0/s1. The van der Waals surface area contributed by atoms with E-state index in [1.54, 1.807) is 32.5 Å². The van der Waals surface area contributed by atoms with E-state index < -0.39 is 0 Å². The summed E-state index contributed by atoms with van der Waals surface area (Å²) in [7, 11) is 3.24. The van der Waals surface area contributed by atoms with Crippen LogP contribution in [0.2, 0.25) is 0 Å². The first-order valence-electron chi connectivity index (χ1n) is 10.5. The lowest BCUT2D eigenvalue weighted by atomic mass is 9.98. The fraction of sp³-hybridized carbons (Fsp3) is 0.154. The predicted molar refractivity (Wildman–Crippen MR) is 133 cm³/mol. The lowest BCUT2D eigenvalue weighted by Gasteiger charge is -2.24. The van der Waals surface area contributed by atoms with Crippen molar-refractivity contribution in [3.05, 3.63) is 101 Å². The Kier molecular flexibility index (Phi) is 6.90. The Morgan fingerprint density at radius 2 is 1.73 bits per heavy atom. The number of methoxy groups -OCH3 is 2. The molecule has 0 radical (unpaired) electrons. The van der Waals surface area contributed by atoms with Crippen LogP contribution in [0.4, 0.5) is 10.8 Å². The van der Waals surface area contributed by atoms with Crippen LogP contribution in [-0.4, -0.2) is 25.1 Å². The first-order chi connectivity index (χ1) is 16.1. The number of hydrogen-bond donors (Lipinski definition) is 2. The summed E-state index contributed by atoms with van der Waals surface area (Å²) in [5.74, 6) is 1.80. The molecule has 0 bridgehead atoms. The topological polar surface area (TPSA) is 72.5 Å². The summed E-state index contributed by atoms with van der Waals surface area (Å²) < 4.78 is 11.3. The van der Waals surface area contributed by atoms with Crippen molar-refractivity contribution in [2.45, 2.75) is 13.0 Å². The highest BCUT2D eigenvalue weighted by Gasteiger charge is 2.26. The minimum absolute atomic E-state index is 0.159. The van der Waals surface area contributed by atoms with Crippen LogP contribution in [0.3, 0.4) is 0 Å². The molecule has 0 aliphatic heterocycles. The monoisotopic (exact) mass is 459 g/mol. The van der Waals surface area contributed by atoms with Gasteiger partial charge in [-0.15, -0.1) is 11.3 Å². The minimum Gasteiger partial charge on any atom is -0.493 e. The molecule has 2 aromatic heterocycles. The van der Waals surface area contributed by atoms with E-state index in [-0.39, 0.29) is 11.9 Å². The molecule has 1 amide bonds. The number of nitrogens with one attached hydrogen (secondary N) is 2. The largest absolute Gasteiger partial charge is 0.493 e. The van der Waals surface area contributed by atoms with E-state index in [9.17, 15) is 4.79 Å². The molecule has 2 heterocycles. The van der Waals surface area contributed by atoms with Crippen molar-refractivity contribution in [3.8, 4) is 11.5 Å². The van der Waals surface area contributed by atoms with Gasteiger partial charge in [-0.25, -0.2) is 4.98 Å². The van der Waals surface area contributed by atoms with Gasteiger partial charge in [0, 0.05) is 27.8 Å². The summed E-state index contributed by atoms with van der Waals surface area (Å²) in [6, 6.07) is 22.4. The fourth-order valence-corrected chi connectivity index (χ4v) is 4.62. The number of pyridine rings is 1. The van der Waals surface area contributed by atoms with E-state index in [2.05, 4.69) is 21.7 Å². The Morgan fingerprint density at radius 3 is 2.42 bits per heavy atom. The number of hydrogen-bond acceptors (Lipinski definition) is 6. The maximum atomic E-state index is 12.9. The smallest absolute Gasteiger partial charge is 0.256 e. The van der Waals surface area contributed by atoms with E-state index in [0.29, 0.717) is 22.9 Å². The van der Waals surface area contributed by atoms with Gasteiger partial charge in [0.2, 0.25) is 0 Å². The van der Waals surface area contributed by atoms with Crippen LogP contribution in [0, 0.1) is 6.92 Å². The second kappa shape index (κ2) is 10.2. The summed E-state index contributed by atoms with van der Waals surface area (Å²) in [6.07, 6.45) is 1.74. The van der Waals surface area contributed by atoms with Crippen LogP contribution in [0.5, 0.6) is 11.5 Å². The number of carbonyl (C=O) groups is 1. The molecule has 168 valence electrons. The van der Waals surface area contributed by atoms with E-state index in [1.807, 2.05) is 61.5 Å². The molecule has 0 aliphatic carbocycles. The SMILES string of the molecule is COc1cccc([C@H](Nc2ccccn2)c2cc(C)sc2NC(=O)c2ccccc2)c1OC. The third kappa shape index (κ3) is 4.99. The van der Waals surface area contributed by atoms with Gasteiger partial charge in [-0.1, -0.05) is 36.4 Å². The highest BCUT2D eigenvalue weighted by Crippen LogP contribution is 2.43. The number of benzene rings is 2. The van der Waals surface area contributed by atoms with Crippen LogP contribution in [0.1, 0.15) is 32.4 Å². The van der Waals surface area contributed by atoms with Crippen molar-refractivity contribution in [3.63, 3.8) is 0 Å². The molecule has 0 aliphatic rings. The summed E-state index contributed by atoms with van der Waals surface area (Å²) in [4.78, 5) is 18.5. The van der Waals surface area contributed by atoms with Crippen molar-refractivity contribution >= 4 is 28.1 Å². The van der Waals surface area contributed by atoms with Gasteiger partial charge >= 0.3 is 0 Å². The third-order valence-corrected chi connectivity index (χ3v) is 6.14. The van der Waals surface area contributed by atoms with E-state index in [1.165, 1.54) is 11.3 Å². The van der Waals surface area contributed by atoms with Gasteiger partial charge in [0.25, 0.3) is 5.91 Å². The molecule has 0 fully saturated rings. The number of carbonyl (C=O) groups excluding carboxylic acids is 1. The number of thiophene rings is 1. The number of nitrogens with zero attached hydrogens (tertiary/aromatic N) is 1. The molecule has 2 N–H and O–H groups in total. The highest BCUT2D eigenvalue weighted by molar-refractivity contribution is 7.16. The molecule has 0 spiro atoms. The highest BCUT2D eigenvalue weighted by atomic mass is 32.1. The number of anilines is 2.